The maximum Gasteiger partial charge on any atom is 0.417 e. The summed E-state index contributed by atoms with van der Waals surface area (Å²) in [5.74, 6) is -0.255. The van der Waals surface area contributed by atoms with Gasteiger partial charge in [-0.2, -0.15) is 23.1 Å². The molecule has 1 saturated heterocycles. The van der Waals surface area contributed by atoms with Gasteiger partial charge in [0.05, 0.1) is 28.4 Å². The number of fused-ring (bicyclic) bond motifs is 2. The van der Waals surface area contributed by atoms with E-state index in [2.05, 4.69) is 20.3 Å². The van der Waals surface area contributed by atoms with Crippen LogP contribution in [0.5, 0.6) is 6.01 Å². The Balaban J connectivity index is 1.81. The van der Waals surface area contributed by atoms with Crippen molar-refractivity contribution in [1.29, 1.82) is 0 Å². The Morgan fingerprint density at radius 2 is 1.97 bits per heavy atom. The van der Waals surface area contributed by atoms with E-state index in [1.165, 1.54) is 19.2 Å². The lowest BCUT2D eigenvalue weighted by molar-refractivity contribution is -0.137. The molecule has 0 spiro atoms. The lowest BCUT2D eigenvalue weighted by atomic mass is 9.96. The molecule has 4 aromatic rings. The smallest absolute Gasteiger partial charge is 0.417 e. The number of hydrogen-bond acceptors (Lipinski definition) is 8. The van der Waals surface area contributed by atoms with Crippen LogP contribution in [0.2, 0.25) is 0 Å². The molecule has 1 aliphatic heterocycles. The molecule has 3 N–H and O–H groups in total. The van der Waals surface area contributed by atoms with Crippen molar-refractivity contribution in [3.63, 3.8) is 0 Å². The highest BCUT2D eigenvalue weighted by Gasteiger charge is 2.36. The van der Waals surface area contributed by atoms with Gasteiger partial charge in [0.2, 0.25) is 0 Å². The predicted octanol–water partition coefficient (Wildman–Crippen LogP) is 4.45. The Hall–Kier alpha value is -3.25. The highest BCUT2D eigenvalue weighted by Crippen LogP contribution is 2.44. The predicted molar refractivity (Wildman–Crippen MR) is 124 cm³/mol. The summed E-state index contributed by atoms with van der Waals surface area (Å²) in [7, 11) is 3.19. The van der Waals surface area contributed by atoms with Crippen molar-refractivity contribution in [2.24, 2.45) is 0 Å². The topological polar surface area (TPSA) is 89.2 Å². The van der Waals surface area contributed by atoms with Gasteiger partial charge in [0.25, 0.3) is 0 Å². The molecule has 0 aliphatic carbocycles. The Kier molecular flexibility index (Phi) is 5.44. The minimum Gasteiger partial charge on any atom is -0.467 e. The number of rotatable bonds is 4. The number of nitrogens with two attached hydrogens (primary N) is 1. The molecule has 2 aromatic heterocycles. The van der Waals surface area contributed by atoms with Gasteiger partial charge >= 0.3 is 12.2 Å². The molecule has 34 heavy (non-hydrogen) atoms. The second-order valence-electron chi connectivity index (χ2n) is 8.03. The number of hydrogen-bond donors (Lipinski definition) is 2. The molecule has 2 aromatic carbocycles. The van der Waals surface area contributed by atoms with E-state index < -0.39 is 17.6 Å². The standard InChI is InChI=1S/C22H20F4N6OS/c1-32(10-5-6-28-9-10)19-13-7-14(22(24,25)26)12(8-16(13)29-21(31-19)33-2)11-3-4-15(23)18-17(11)30-20(27)34-18/h3-4,7-8,10,28H,5-6,9H2,1-2H3,(H2,27,30). The van der Waals surface area contributed by atoms with Crippen LogP contribution in [0.3, 0.4) is 0 Å². The van der Waals surface area contributed by atoms with E-state index in [0.717, 1.165) is 36.4 Å². The summed E-state index contributed by atoms with van der Waals surface area (Å²) < 4.78 is 62.6. The first-order valence-electron chi connectivity index (χ1n) is 10.4. The molecule has 1 aliphatic rings. The quantitative estimate of drug-likeness (QED) is 0.407. The third-order valence-electron chi connectivity index (χ3n) is 6.00. The Morgan fingerprint density at radius 1 is 1.18 bits per heavy atom. The Morgan fingerprint density at radius 3 is 2.65 bits per heavy atom. The van der Waals surface area contributed by atoms with Gasteiger partial charge in [-0.3, -0.25) is 0 Å². The van der Waals surface area contributed by atoms with Crippen LogP contribution in [0, 0.1) is 5.82 Å². The molecule has 0 amide bonds. The number of benzene rings is 2. The van der Waals surface area contributed by atoms with Crippen LogP contribution in [0.25, 0.3) is 32.2 Å². The lowest BCUT2D eigenvalue weighted by Gasteiger charge is -2.26. The number of thiazole rings is 1. The monoisotopic (exact) mass is 492 g/mol. The molecule has 0 saturated carbocycles. The summed E-state index contributed by atoms with van der Waals surface area (Å²) in [6, 6.07) is 4.87. The van der Waals surface area contributed by atoms with Gasteiger partial charge in [-0.25, -0.2) is 9.37 Å². The third-order valence-corrected chi connectivity index (χ3v) is 6.89. The van der Waals surface area contributed by atoms with Crippen LogP contribution < -0.4 is 20.7 Å². The summed E-state index contributed by atoms with van der Waals surface area (Å²) in [5, 5.41) is 3.55. The third kappa shape index (κ3) is 3.76. The maximum absolute atomic E-state index is 14.3. The van der Waals surface area contributed by atoms with E-state index in [0.29, 0.717) is 12.4 Å². The van der Waals surface area contributed by atoms with E-state index >= 15 is 0 Å². The molecule has 0 radical (unpaired) electrons. The number of halogens is 4. The zero-order valence-electron chi connectivity index (χ0n) is 18.2. The van der Waals surface area contributed by atoms with E-state index in [-0.39, 0.29) is 49.4 Å². The molecule has 3 heterocycles. The van der Waals surface area contributed by atoms with Crippen molar-refractivity contribution in [3.05, 3.63) is 35.6 Å². The van der Waals surface area contributed by atoms with Gasteiger partial charge in [0, 0.05) is 30.6 Å². The highest BCUT2D eigenvalue weighted by atomic mass is 32.1. The zero-order valence-corrected chi connectivity index (χ0v) is 19.0. The largest absolute Gasteiger partial charge is 0.467 e. The molecular formula is C22H20F4N6OS. The molecule has 0 bridgehead atoms. The molecule has 1 fully saturated rings. The second-order valence-corrected chi connectivity index (χ2v) is 9.06. The molecule has 1 unspecified atom stereocenters. The van der Waals surface area contributed by atoms with E-state index in [4.69, 9.17) is 10.5 Å². The summed E-state index contributed by atoms with van der Waals surface area (Å²) in [5.41, 5.74) is 5.13. The summed E-state index contributed by atoms with van der Waals surface area (Å²) in [6.07, 6.45) is -3.87. The van der Waals surface area contributed by atoms with Crippen molar-refractivity contribution in [1.82, 2.24) is 20.3 Å². The average Bonchev–Trinajstić information content (AvgIpc) is 3.47. The minimum absolute atomic E-state index is 0.0353. The number of nitrogens with one attached hydrogen (secondary N) is 1. The number of ether oxygens (including phenoxy) is 1. The van der Waals surface area contributed by atoms with Crippen molar-refractivity contribution in [2.75, 3.05) is 37.9 Å². The molecule has 5 rings (SSSR count). The number of methoxy groups -OCH3 is 1. The Bertz CT molecular complexity index is 1400. The lowest BCUT2D eigenvalue weighted by Crippen LogP contribution is -2.34. The van der Waals surface area contributed by atoms with Crippen LogP contribution in [0.1, 0.15) is 12.0 Å². The maximum atomic E-state index is 14.3. The number of nitrogens with zero attached hydrogens (tertiary/aromatic N) is 4. The Labute approximate surface area is 195 Å². The van der Waals surface area contributed by atoms with Crippen LogP contribution in [-0.4, -0.2) is 48.2 Å². The summed E-state index contributed by atoms with van der Waals surface area (Å²) in [4.78, 5) is 14.6. The van der Waals surface area contributed by atoms with Crippen molar-refractivity contribution in [3.8, 4) is 17.1 Å². The minimum atomic E-state index is -4.70. The molecule has 1 atom stereocenters. The molecular weight excluding hydrogens is 472 g/mol. The number of anilines is 2. The van der Waals surface area contributed by atoms with Crippen LogP contribution in [-0.2, 0) is 6.18 Å². The number of nitrogen functional groups attached to an aromatic ring is 1. The van der Waals surface area contributed by atoms with Gasteiger partial charge in [-0.05, 0) is 42.8 Å². The van der Waals surface area contributed by atoms with Gasteiger partial charge in [-0.15, -0.1) is 0 Å². The van der Waals surface area contributed by atoms with Crippen LogP contribution in [0.4, 0.5) is 28.5 Å². The van der Waals surface area contributed by atoms with Gasteiger partial charge < -0.3 is 20.7 Å². The van der Waals surface area contributed by atoms with Crippen molar-refractivity contribution >= 4 is 43.4 Å². The molecule has 12 heteroatoms. The first-order chi connectivity index (χ1) is 16.2. The van der Waals surface area contributed by atoms with Crippen molar-refractivity contribution < 1.29 is 22.3 Å². The summed E-state index contributed by atoms with van der Waals surface area (Å²) in [6.45, 7) is 1.50. The SMILES string of the molecule is COc1nc(N(C)C2CCNC2)c2cc(C(F)(F)F)c(-c3ccc(F)c4sc(N)nc34)cc2n1. The summed E-state index contributed by atoms with van der Waals surface area (Å²) >= 11 is 0.883. The fourth-order valence-electron chi connectivity index (χ4n) is 4.31. The number of aromatic nitrogens is 3. The van der Waals surface area contributed by atoms with Gasteiger partial charge in [-0.1, -0.05) is 11.3 Å². The van der Waals surface area contributed by atoms with Crippen molar-refractivity contribution in [2.45, 2.75) is 18.6 Å². The van der Waals surface area contributed by atoms with Gasteiger partial charge in [0.15, 0.2) is 5.13 Å². The molecule has 178 valence electrons. The van der Waals surface area contributed by atoms with E-state index in [1.54, 1.807) is 7.05 Å². The fraction of sp³-hybridized carbons (Fsp3) is 0.318. The highest BCUT2D eigenvalue weighted by molar-refractivity contribution is 7.22. The van der Waals surface area contributed by atoms with Crippen LogP contribution >= 0.6 is 11.3 Å². The average molecular weight is 493 g/mol. The zero-order chi connectivity index (χ0) is 24.2. The first kappa shape index (κ1) is 22.5. The first-order valence-corrected chi connectivity index (χ1v) is 11.2. The van der Waals surface area contributed by atoms with E-state index in [9.17, 15) is 17.6 Å². The fourth-order valence-corrected chi connectivity index (χ4v) is 5.07. The number of alkyl halides is 3. The molecule has 7 nitrogen and oxygen atoms in total. The second kappa shape index (κ2) is 8.20. The van der Waals surface area contributed by atoms with Crippen LogP contribution in [0.15, 0.2) is 24.3 Å². The number of likely N-dealkylation sites (N-methyl/N-ethyl adjacent to an activating group) is 1. The van der Waals surface area contributed by atoms with E-state index in [1.807, 2.05) is 4.90 Å². The normalized spacial score (nSPS) is 16.5. The van der Waals surface area contributed by atoms with Gasteiger partial charge in [0.1, 0.15) is 11.6 Å².